The van der Waals surface area contributed by atoms with Crippen molar-refractivity contribution in [3.63, 3.8) is 0 Å². The molecule has 0 aromatic heterocycles. The Morgan fingerprint density at radius 3 is 2.38 bits per heavy atom. The van der Waals surface area contributed by atoms with Crippen molar-refractivity contribution in [2.24, 2.45) is 11.3 Å². The molecule has 1 atom stereocenters. The molecule has 0 aromatic rings. The SMILES string of the molecule is CCOC(=O)C[C@@H](CCC(C)(C)C)COC. The largest absolute Gasteiger partial charge is 0.466 e. The Hall–Kier alpha value is -0.570. The molecule has 0 heterocycles. The van der Waals surface area contributed by atoms with Crippen molar-refractivity contribution in [3.8, 4) is 0 Å². The van der Waals surface area contributed by atoms with Crippen LogP contribution in [0.25, 0.3) is 0 Å². The minimum atomic E-state index is -0.113. The molecule has 0 amide bonds. The molecular weight excluding hydrogens is 204 g/mol. The lowest BCUT2D eigenvalue weighted by molar-refractivity contribution is -0.144. The van der Waals surface area contributed by atoms with E-state index >= 15 is 0 Å². The number of hydrogen-bond donors (Lipinski definition) is 0. The van der Waals surface area contributed by atoms with Crippen LogP contribution in [0.2, 0.25) is 0 Å². The Morgan fingerprint density at radius 1 is 1.31 bits per heavy atom. The van der Waals surface area contributed by atoms with Gasteiger partial charge < -0.3 is 9.47 Å². The van der Waals surface area contributed by atoms with Gasteiger partial charge in [0.15, 0.2) is 0 Å². The van der Waals surface area contributed by atoms with Crippen LogP contribution < -0.4 is 0 Å². The van der Waals surface area contributed by atoms with E-state index in [2.05, 4.69) is 20.8 Å². The number of ether oxygens (including phenoxy) is 2. The normalized spacial score (nSPS) is 13.6. The first kappa shape index (κ1) is 15.4. The zero-order chi connectivity index (χ0) is 12.6. The maximum atomic E-state index is 11.4. The summed E-state index contributed by atoms with van der Waals surface area (Å²) in [6, 6.07) is 0. The smallest absolute Gasteiger partial charge is 0.306 e. The van der Waals surface area contributed by atoms with Crippen LogP contribution in [0.5, 0.6) is 0 Å². The predicted octanol–water partition coefficient (Wildman–Crippen LogP) is 3.03. The van der Waals surface area contributed by atoms with Crippen molar-refractivity contribution < 1.29 is 14.3 Å². The van der Waals surface area contributed by atoms with Crippen LogP contribution in [0.1, 0.15) is 47.0 Å². The fourth-order valence-electron chi connectivity index (χ4n) is 1.57. The second-order valence-corrected chi connectivity index (χ2v) is 5.43. The van der Waals surface area contributed by atoms with Gasteiger partial charge in [-0.2, -0.15) is 0 Å². The van der Waals surface area contributed by atoms with Gasteiger partial charge in [-0.05, 0) is 31.1 Å². The molecule has 0 bridgehead atoms. The molecule has 0 unspecified atom stereocenters. The van der Waals surface area contributed by atoms with E-state index in [9.17, 15) is 4.79 Å². The fourth-order valence-corrected chi connectivity index (χ4v) is 1.57. The van der Waals surface area contributed by atoms with Gasteiger partial charge in [-0.1, -0.05) is 20.8 Å². The minimum Gasteiger partial charge on any atom is -0.466 e. The van der Waals surface area contributed by atoms with E-state index < -0.39 is 0 Å². The molecule has 16 heavy (non-hydrogen) atoms. The van der Waals surface area contributed by atoms with Gasteiger partial charge in [0.2, 0.25) is 0 Å². The van der Waals surface area contributed by atoms with Crippen molar-refractivity contribution in [3.05, 3.63) is 0 Å². The van der Waals surface area contributed by atoms with E-state index in [1.54, 1.807) is 7.11 Å². The Labute approximate surface area is 99.5 Å². The zero-order valence-electron chi connectivity index (χ0n) is 11.3. The number of carbonyl (C=O) groups is 1. The lowest BCUT2D eigenvalue weighted by atomic mass is 9.86. The van der Waals surface area contributed by atoms with E-state index in [0.717, 1.165) is 12.8 Å². The highest BCUT2D eigenvalue weighted by Gasteiger charge is 2.18. The summed E-state index contributed by atoms with van der Waals surface area (Å²) in [6.45, 7) is 9.55. The molecule has 0 saturated carbocycles. The van der Waals surface area contributed by atoms with Gasteiger partial charge in [0.1, 0.15) is 0 Å². The minimum absolute atomic E-state index is 0.113. The topological polar surface area (TPSA) is 35.5 Å². The molecule has 0 radical (unpaired) electrons. The van der Waals surface area contributed by atoms with Crippen LogP contribution in [-0.2, 0) is 14.3 Å². The third-order valence-electron chi connectivity index (χ3n) is 2.47. The molecule has 0 saturated heterocycles. The summed E-state index contributed by atoms with van der Waals surface area (Å²) < 4.78 is 10.1. The van der Waals surface area contributed by atoms with Gasteiger partial charge in [0.05, 0.1) is 13.0 Å². The molecule has 0 rings (SSSR count). The number of hydrogen-bond acceptors (Lipinski definition) is 3. The fraction of sp³-hybridized carbons (Fsp3) is 0.923. The molecule has 0 N–H and O–H groups in total. The zero-order valence-corrected chi connectivity index (χ0v) is 11.3. The third kappa shape index (κ3) is 8.72. The van der Waals surface area contributed by atoms with E-state index in [0.29, 0.717) is 25.0 Å². The number of esters is 1. The van der Waals surface area contributed by atoms with Gasteiger partial charge in [-0.15, -0.1) is 0 Å². The Morgan fingerprint density at radius 2 is 1.94 bits per heavy atom. The van der Waals surface area contributed by atoms with Crippen molar-refractivity contribution >= 4 is 5.97 Å². The molecule has 0 aromatic carbocycles. The van der Waals surface area contributed by atoms with Crippen molar-refractivity contribution in [2.75, 3.05) is 20.3 Å². The highest BCUT2D eigenvalue weighted by atomic mass is 16.5. The van der Waals surface area contributed by atoms with Crippen LogP contribution in [0.4, 0.5) is 0 Å². The van der Waals surface area contributed by atoms with Gasteiger partial charge in [-0.3, -0.25) is 4.79 Å². The van der Waals surface area contributed by atoms with Gasteiger partial charge in [0.25, 0.3) is 0 Å². The summed E-state index contributed by atoms with van der Waals surface area (Å²) in [5.74, 6) is 0.168. The quantitative estimate of drug-likeness (QED) is 0.631. The van der Waals surface area contributed by atoms with Crippen molar-refractivity contribution in [1.82, 2.24) is 0 Å². The molecule has 0 aliphatic rings. The molecule has 3 nitrogen and oxygen atoms in total. The second kappa shape index (κ2) is 7.66. The second-order valence-electron chi connectivity index (χ2n) is 5.43. The molecule has 0 aliphatic heterocycles. The lowest BCUT2D eigenvalue weighted by Gasteiger charge is -2.22. The van der Waals surface area contributed by atoms with Crippen LogP contribution in [0.3, 0.4) is 0 Å². The summed E-state index contributed by atoms with van der Waals surface area (Å²) in [4.78, 5) is 11.4. The van der Waals surface area contributed by atoms with E-state index in [4.69, 9.17) is 9.47 Å². The monoisotopic (exact) mass is 230 g/mol. The summed E-state index contributed by atoms with van der Waals surface area (Å²) in [6.07, 6.45) is 2.58. The number of methoxy groups -OCH3 is 1. The average Bonchev–Trinajstić information content (AvgIpc) is 2.14. The summed E-state index contributed by atoms with van der Waals surface area (Å²) >= 11 is 0. The third-order valence-corrected chi connectivity index (χ3v) is 2.47. The molecular formula is C13H26O3. The molecule has 96 valence electrons. The maximum absolute atomic E-state index is 11.4. The highest BCUT2D eigenvalue weighted by Crippen LogP contribution is 2.25. The lowest BCUT2D eigenvalue weighted by Crippen LogP contribution is -2.18. The van der Waals surface area contributed by atoms with E-state index in [1.165, 1.54) is 0 Å². The van der Waals surface area contributed by atoms with E-state index in [1.807, 2.05) is 6.92 Å². The number of carbonyl (C=O) groups excluding carboxylic acids is 1. The molecule has 3 heteroatoms. The first-order valence-electron chi connectivity index (χ1n) is 6.03. The summed E-state index contributed by atoms with van der Waals surface area (Å²) in [5, 5.41) is 0. The average molecular weight is 230 g/mol. The Balaban J connectivity index is 4.01. The molecule has 0 spiro atoms. The van der Waals surface area contributed by atoms with E-state index in [-0.39, 0.29) is 11.9 Å². The van der Waals surface area contributed by atoms with Crippen molar-refractivity contribution in [1.29, 1.82) is 0 Å². The Kier molecular flexibility index (Phi) is 7.39. The van der Waals surface area contributed by atoms with Crippen LogP contribution in [0, 0.1) is 11.3 Å². The van der Waals surface area contributed by atoms with Gasteiger partial charge in [0, 0.05) is 13.7 Å². The standard InChI is InChI=1S/C13H26O3/c1-6-16-12(14)9-11(10-15-5)7-8-13(2,3)4/h11H,6-10H2,1-5H3/t11-/m1/s1. The number of rotatable bonds is 7. The van der Waals surface area contributed by atoms with Crippen LogP contribution in [-0.4, -0.2) is 26.3 Å². The molecule has 0 fully saturated rings. The van der Waals surface area contributed by atoms with Crippen LogP contribution in [0.15, 0.2) is 0 Å². The van der Waals surface area contributed by atoms with Crippen molar-refractivity contribution in [2.45, 2.75) is 47.0 Å². The maximum Gasteiger partial charge on any atom is 0.306 e. The predicted molar refractivity (Wildman–Crippen MR) is 65.3 cm³/mol. The first-order chi connectivity index (χ1) is 7.39. The van der Waals surface area contributed by atoms with Gasteiger partial charge in [-0.25, -0.2) is 0 Å². The first-order valence-corrected chi connectivity index (χ1v) is 6.03. The molecule has 0 aliphatic carbocycles. The highest BCUT2D eigenvalue weighted by molar-refractivity contribution is 5.69. The van der Waals surface area contributed by atoms with Gasteiger partial charge >= 0.3 is 5.97 Å². The summed E-state index contributed by atoms with van der Waals surface area (Å²) in [5.41, 5.74) is 0.306. The van der Waals surface area contributed by atoms with Crippen LogP contribution >= 0.6 is 0 Å². The Bertz CT molecular complexity index is 194. The summed E-state index contributed by atoms with van der Waals surface area (Å²) in [7, 11) is 1.68.